The van der Waals surface area contributed by atoms with E-state index < -0.39 is 24.2 Å². The first kappa shape index (κ1) is 18.4. The molecule has 0 saturated heterocycles. The van der Waals surface area contributed by atoms with Crippen molar-refractivity contribution in [1.82, 2.24) is 0 Å². The summed E-state index contributed by atoms with van der Waals surface area (Å²) in [6.45, 7) is 27.5. The summed E-state index contributed by atoms with van der Waals surface area (Å²) in [7, 11) is -3.51. The highest BCUT2D eigenvalue weighted by molar-refractivity contribution is 7.15. The molecule has 0 spiro atoms. The zero-order chi connectivity index (χ0) is 14.8. The van der Waals surface area contributed by atoms with Gasteiger partial charge in [-0.05, 0) is 10.7 Å². The summed E-state index contributed by atoms with van der Waals surface area (Å²) < 4.78 is 0.732. The Morgan fingerprint density at radius 3 is 1.33 bits per heavy atom. The SMILES string of the molecule is C=CCCCC([Si](C)(C)C)([Si](C)(C)C)[Si](C)(C)C. The van der Waals surface area contributed by atoms with Crippen LogP contribution in [0.15, 0.2) is 12.7 Å². The van der Waals surface area contributed by atoms with Crippen LogP contribution in [0.25, 0.3) is 0 Å². The minimum Gasteiger partial charge on any atom is -0.103 e. The molecule has 0 unspecified atom stereocenters. The third-order valence-electron chi connectivity index (χ3n) is 4.80. The summed E-state index contributed by atoms with van der Waals surface area (Å²) in [4.78, 5) is 0. The molecule has 0 aromatic heterocycles. The van der Waals surface area contributed by atoms with E-state index in [1.807, 2.05) is 0 Å². The van der Waals surface area contributed by atoms with E-state index >= 15 is 0 Å². The second-order valence-electron chi connectivity index (χ2n) is 8.84. The van der Waals surface area contributed by atoms with Crippen LogP contribution in [0, 0.1) is 0 Å². The van der Waals surface area contributed by atoms with Crippen molar-refractivity contribution in [2.45, 2.75) is 82.5 Å². The van der Waals surface area contributed by atoms with Crippen molar-refractivity contribution >= 4 is 24.2 Å². The molecule has 0 amide bonds. The van der Waals surface area contributed by atoms with Gasteiger partial charge in [-0.3, -0.25) is 0 Å². The molecule has 18 heavy (non-hydrogen) atoms. The van der Waals surface area contributed by atoms with E-state index in [-0.39, 0.29) is 0 Å². The highest BCUT2D eigenvalue weighted by atomic mass is 28.5. The molecule has 0 nitrogen and oxygen atoms in total. The molecule has 0 heterocycles. The second kappa shape index (κ2) is 5.80. The van der Waals surface area contributed by atoms with Crippen molar-refractivity contribution in [3.63, 3.8) is 0 Å². The highest BCUT2D eigenvalue weighted by Crippen LogP contribution is 2.57. The van der Waals surface area contributed by atoms with E-state index in [1.165, 1.54) is 19.3 Å². The topological polar surface area (TPSA) is 0 Å². The van der Waals surface area contributed by atoms with E-state index in [1.54, 1.807) is 0 Å². The van der Waals surface area contributed by atoms with E-state index in [4.69, 9.17) is 0 Å². The number of hydrogen-bond donors (Lipinski definition) is 0. The number of unbranched alkanes of at least 4 members (excludes halogenated alkanes) is 1. The van der Waals surface area contributed by atoms with Crippen molar-refractivity contribution in [3.05, 3.63) is 12.7 Å². The molecule has 0 aromatic carbocycles. The Bertz CT molecular complexity index is 238. The molecule has 108 valence electrons. The van der Waals surface area contributed by atoms with Crippen LogP contribution in [-0.4, -0.2) is 24.2 Å². The van der Waals surface area contributed by atoms with Crippen LogP contribution < -0.4 is 0 Å². The van der Waals surface area contributed by atoms with E-state index in [0.717, 1.165) is 4.28 Å². The van der Waals surface area contributed by atoms with Crippen LogP contribution in [0.3, 0.4) is 0 Å². The lowest BCUT2D eigenvalue weighted by molar-refractivity contribution is 0.708. The van der Waals surface area contributed by atoms with E-state index in [0.29, 0.717) is 0 Å². The third kappa shape index (κ3) is 3.48. The molecular formula is C15H36Si3. The lowest BCUT2D eigenvalue weighted by Gasteiger charge is -2.59. The molecule has 0 aromatic rings. The fourth-order valence-corrected chi connectivity index (χ4v) is 34.8. The van der Waals surface area contributed by atoms with Gasteiger partial charge in [-0.1, -0.05) is 77.8 Å². The van der Waals surface area contributed by atoms with E-state index in [2.05, 4.69) is 71.6 Å². The van der Waals surface area contributed by atoms with Crippen LogP contribution in [0.2, 0.25) is 63.2 Å². The standard InChI is InChI=1S/C15H36Si3/c1-11-12-13-14-15(16(2,3)4,17(5,6)7)18(8,9)10/h11H,1,12-14H2,2-10H3. The molecule has 0 rings (SSSR count). The molecule has 0 fully saturated rings. The van der Waals surface area contributed by atoms with Gasteiger partial charge in [-0.15, -0.1) is 6.58 Å². The fourth-order valence-electron chi connectivity index (χ4n) is 5.01. The van der Waals surface area contributed by atoms with Gasteiger partial charge >= 0.3 is 0 Å². The van der Waals surface area contributed by atoms with Crippen molar-refractivity contribution in [1.29, 1.82) is 0 Å². The average Bonchev–Trinajstić information content (AvgIpc) is 2.05. The Morgan fingerprint density at radius 2 is 1.11 bits per heavy atom. The lowest BCUT2D eigenvalue weighted by Crippen LogP contribution is -2.65. The fraction of sp³-hybridized carbons (Fsp3) is 0.867. The van der Waals surface area contributed by atoms with Crippen LogP contribution in [0.1, 0.15) is 19.3 Å². The molecular weight excluding hydrogens is 264 g/mol. The minimum atomic E-state index is -1.17. The van der Waals surface area contributed by atoms with Crippen LogP contribution >= 0.6 is 0 Å². The molecule has 0 aliphatic heterocycles. The summed E-state index contributed by atoms with van der Waals surface area (Å²) in [5.74, 6) is 0. The zero-order valence-electron chi connectivity index (χ0n) is 14.4. The number of hydrogen-bond acceptors (Lipinski definition) is 0. The zero-order valence-corrected chi connectivity index (χ0v) is 17.4. The van der Waals surface area contributed by atoms with Gasteiger partial charge in [0.15, 0.2) is 0 Å². The average molecular weight is 301 g/mol. The molecule has 0 bridgehead atoms. The van der Waals surface area contributed by atoms with Gasteiger partial charge in [0.25, 0.3) is 0 Å². The Kier molecular flexibility index (Phi) is 5.92. The Labute approximate surface area is 119 Å². The van der Waals surface area contributed by atoms with Crippen LogP contribution in [-0.2, 0) is 0 Å². The maximum absolute atomic E-state index is 3.90. The van der Waals surface area contributed by atoms with Gasteiger partial charge < -0.3 is 0 Å². The van der Waals surface area contributed by atoms with Crippen molar-refractivity contribution in [2.75, 3.05) is 0 Å². The first-order chi connectivity index (χ1) is 7.81. The summed E-state index contributed by atoms with van der Waals surface area (Å²) >= 11 is 0. The highest BCUT2D eigenvalue weighted by Gasteiger charge is 2.58. The number of allylic oxidation sites excluding steroid dienone is 1. The Hall–Kier alpha value is 0.391. The normalized spacial score (nSPS) is 14.7. The molecule has 0 atom stereocenters. The second-order valence-corrected chi connectivity index (χ2v) is 26.4. The van der Waals surface area contributed by atoms with Crippen molar-refractivity contribution in [3.8, 4) is 0 Å². The smallest absolute Gasteiger partial charge is 0.0452 e. The predicted octanol–water partition coefficient (Wildman–Crippen LogP) is 6.18. The van der Waals surface area contributed by atoms with Crippen LogP contribution in [0.4, 0.5) is 0 Å². The van der Waals surface area contributed by atoms with Gasteiger partial charge in [0.1, 0.15) is 0 Å². The van der Waals surface area contributed by atoms with Gasteiger partial charge in [-0.25, -0.2) is 0 Å². The maximum Gasteiger partial charge on any atom is 0.0452 e. The predicted molar refractivity (Wildman–Crippen MR) is 96.8 cm³/mol. The van der Waals surface area contributed by atoms with Gasteiger partial charge in [-0.2, -0.15) is 0 Å². The van der Waals surface area contributed by atoms with Gasteiger partial charge in [0.2, 0.25) is 0 Å². The quantitative estimate of drug-likeness (QED) is 0.299. The Morgan fingerprint density at radius 1 is 0.778 bits per heavy atom. The van der Waals surface area contributed by atoms with Crippen LogP contribution in [0.5, 0.6) is 0 Å². The Balaban J connectivity index is 5.67. The van der Waals surface area contributed by atoms with Crippen molar-refractivity contribution in [2.24, 2.45) is 0 Å². The summed E-state index contributed by atoms with van der Waals surface area (Å²) in [5.41, 5.74) is 0. The minimum absolute atomic E-state index is 0.732. The van der Waals surface area contributed by atoms with Gasteiger partial charge in [0.05, 0.1) is 0 Å². The lowest BCUT2D eigenvalue weighted by atomic mass is 10.2. The molecule has 0 aliphatic carbocycles. The van der Waals surface area contributed by atoms with Crippen molar-refractivity contribution < 1.29 is 0 Å². The summed E-state index contributed by atoms with van der Waals surface area (Å²) in [5, 5.41) is 0. The molecule has 0 N–H and O–H groups in total. The third-order valence-corrected chi connectivity index (χ3v) is 26.7. The van der Waals surface area contributed by atoms with Gasteiger partial charge in [0, 0.05) is 24.2 Å². The first-order valence-corrected chi connectivity index (χ1v) is 17.9. The summed E-state index contributed by atoms with van der Waals surface area (Å²) in [6, 6.07) is 0. The molecule has 0 aliphatic rings. The first-order valence-electron chi connectivity index (χ1n) is 7.42. The van der Waals surface area contributed by atoms with E-state index in [9.17, 15) is 0 Å². The monoisotopic (exact) mass is 300 g/mol. The summed E-state index contributed by atoms with van der Waals surface area (Å²) in [6.07, 6.45) is 6.10. The number of rotatable bonds is 7. The molecule has 0 radical (unpaired) electrons. The molecule has 0 saturated carbocycles. The largest absolute Gasteiger partial charge is 0.103 e. The molecule has 3 heteroatoms. The maximum atomic E-state index is 3.90.